The number of rotatable bonds is 5. The van der Waals surface area contributed by atoms with Gasteiger partial charge in [-0.3, -0.25) is 4.79 Å². The third-order valence-corrected chi connectivity index (χ3v) is 7.44. The van der Waals surface area contributed by atoms with E-state index in [1.807, 2.05) is 13.1 Å². The van der Waals surface area contributed by atoms with Gasteiger partial charge in [-0.15, -0.1) is 10.2 Å². The molecule has 0 radical (unpaired) electrons. The molecule has 3 aromatic rings. The third kappa shape index (κ3) is 4.30. The standard InChI is InChI=1S/C26H30FN5O2/c1-25-7-8-26(2,31-25)15-18(14-25)32(3)23-5-4-21(29-30-23)19-13-20(27)17(12-22(19)33)10-16-6-9-28-24(34)11-16/h4-6,9,11-13,18,31,33H,7-8,10,14-15H2,1-3H3,(H,28,34)/t18-,25-,26+. The molecule has 0 saturated carbocycles. The van der Waals surface area contributed by atoms with Crippen molar-refractivity contribution < 1.29 is 9.50 Å². The number of nitrogens with zero attached hydrogens (tertiary/aromatic N) is 3. The van der Waals surface area contributed by atoms with Crippen LogP contribution in [0.3, 0.4) is 0 Å². The van der Waals surface area contributed by atoms with Crippen LogP contribution in [-0.4, -0.2) is 44.5 Å². The minimum absolute atomic E-state index is 0.0765. The molecule has 2 aliphatic rings. The van der Waals surface area contributed by atoms with Crippen molar-refractivity contribution in [3.63, 3.8) is 0 Å². The van der Waals surface area contributed by atoms with E-state index in [4.69, 9.17) is 0 Å². The maximum absolute atomic E-state index is 14.8. The van der Waals surface area contributed by atoms with Crippen molar-refractivity contribution in [1.82, 2.24) is 20.5 Å². The highest BCUT2D eigenvalue weighted by atomic mass is 19.1. The molecule has 2 saturated heterocycles. The summed E-state index contributed by atoms with van der Waals surface area (Å²) in [6, 6.07) is 9.79. The van der Waals surface area contributed by atoms with Crippen LogP contribution >= 0.6 is 0 Å². The van der Waals surface area contributed by atoms with Gasteiger partial charge in [0.05, 0.1) is 5.69 Å². The van der Waals surface area contributed by atoms with E-state index in [9.17, 15) is 14.3 Å². The summed E-state index contributed by atoms with van der Waals surface area (Å²) in [7, 11) is 2.05. The maximum Gasteiger partial charge on any atom is 0.248 e. The average Bonchev–Trinajstić information content (AvgIpc) is 3.02. The first kappa shape index (κ1) is 22.5. The Kier molecular flexibility index (Phi) is 5.43. The normalized spacial score (nSPS) is 25.9. The molecular weight excluding hydrogens is 433 g/mol. The summed E-state index contributed by atoms with van der Waals surface area (Å²) in [5.74, 6) is 0.211. The fourth-order valence-corrected chi connectivity index (χ4v) is 5.71. The first-order valence-electron chi connectivity index (χ1n) is 11.7. The van der Waals surface area contributed by atoms with E-state index in [2.05, 4.69) is 39.2 Å². The Morgan fingerprint density at radius 1 is 1.12 bits per heavy atom. The summed E-state index contributed by atoms with van der Waals surface area (Å²) in [6.07, 6.45) is 6.17. The fraction of sp³-hybridized carbons (Fsp3) is 0.423. The van der Waals surface area contributed by atoms with Crippen LogP contribution in [0.4, 0.5) is 10.2 Å². The van der Waals surface area contributed by atoms with Crippen molar-refractivity contribution in [1.29, 1.82) is 0 Å². The van der Waals surface area contributed by atoms with Crippen molar-refractivity contribution in [2.75, 3.05) is 11.9 Å². The van der Waals surface area contributed by atoms with Gasteiger partial charge in [0.25, 0.3) is 0 Å². The molecule has 0 unspecified atom stereocenters. The van der Waals surface area contributed by atoms with Gasteiger partial charge in [0, 0.05) is 48.4 Å². The Morgan fingerprint density at radius 2 is 1.85 bits per heavy atom. The molecule has 5 rings (SSSR count). The number of fused-ring (bicyclic) bond motifs is 2. The number of phenolic OH excluding ortho intramolecular Hbond substituents is 1. The molecule has 7 nitrogen and oxygen atoms in total. The van der Waals surface area contributed by atoms with Gasteiger partial charge in [0.15, 0.2) is 5.82 Å². The Balaban J connectivity index is 1.35. The van der Waals surface area contributed by atoms with E-state index >= 15 is 0 Å². The Morgan fingerprint density at radius 3 is 2.50 bits per heavy atom. The Bertz CT molecular complexity index is 1260. The van der Waals surface area contributed by atoms with E-state index in [1.165, 1.54) is 37.2 Å². The number of hydrogen-bond donors (Lipinski definition) is 3. The summed E-state index contributed by atoms with van der Waals surface area (Å²) in [4.78, 5) is 16.2. The van der Waals surface area contributed by atoms with E-state index in [0.717, 1.165) is 18.7 Å². The molecule has 2 bridgehead atoms. The largest absolute Gasteiger partial charge is 0.507 e. The lowest BCUT2D eigenvalue weighted by Gasteiger charge is -2.45. The van der Waals surface area contributed by atoms with Gasteiger partial charge in [-0.25, -0.2) is 4.39 Å². The minimum Gasteiger partial charge on any atom is -0.507 e. The fourth-order valence-electron chi connectivity index (χ4n) is 5.71. The molecule has 2 aliphatic heterocycles. The van der Waals surface area contributed by atoms with Crippen LogP contribution in [0.15, 0.2) is 47.4 Å². The van der Waals surface area contributed by atoms with Gasteiger partial charge < -0.3 is 20.3 Å². The number of aromatic nitrogens is 3. The van der Waals surface area contributed by atoms with E-state index in [0.29, 0.717) is 22.9 Å². The smallest absolute Gasteiger partial charge is 0.248 e. The van der Waals surface area contributed by atoms with Crippen molar-refractivity contribution in [2.24, 2.45) is 0 Å². The number of anilines is 1. The molecule has 34 heavy (non-hydrogen) atoms. The van der Waals surface area contributed by atoms with Crippen LogP contribution in [0.2, 0.25) is 0 Å². The Labute approximate surface area is 198 Å². The van der Waals surface area contributed by atoms with E-state index in [1.54, 1.807) is 12.1 Å². The molecule has 4 heterocycles. The second-order valence-electron chi connectivity index (χ2n) is 10.4. The van der Waals surface area contributed by atoms with E-state index in [-0.39, 0.29) is 34.4 Å². The second-order valence-corrected chi connectivity index (χ2v) is 10.4. The summed E-state index contributed by atoms with van der Waals surface area (Å²) >= 11 is 0. The molecule has 2 fully saturated rings. The lowest BCUT2D eigenvalue weighted by Crippen LogP contribution is -2.58. The van der Waals surface area contributed by atoms with Gasteiger partial charge in [-0.05, 0) is 81.0 Å². The highest BCUT2D eigenvalue weighted by molar-refractivity contribution is 5.68. The molecule has 0 amide bonds. The van der Waals surface area contributed by atoms with E-state index < -0.39 is 5.82 Å². The van der Waals surface area contributed by atoms with Crippen LogP contribution in [-0.2, 0) is 6.42 Å². The van der Waals surface area contributed by atoms with Crippen LogP contribution in [0, 0.1) is 5.82 Å². The maximum atomic E-state index is 14.8. The van der Waals surface area contributed by atoms with Crippen LogP contribution < -0.4 is 15.8 Å². The second kappa shape index (κ2) is 8.20. The molecule has 1 aromatic carbocycles. The number of H-pyrrole nitrogens is 1. The molecule has 3 N–H and O–H groups in total. The predicted molar refractivity (Wildman–Crippen MR) is 130 cm³/mol. The van der Waals surface area contributed by atoms with Crippen LogP contribution in [0.1, 0.15) is 50.7 Å². The zero-order chi connectivity index (χ0) is 24.1. The first-order valence-corrected chi connectivity index (χ1v) is 11.7. The number of halogens is 1. The van der Waals surface area contributed by atoms with Crippen molar-refractivity contribution in [3.8, 4) is 17.0 Å². The summed E-state index contributed by atoms with van der Waals surface area (Å²) in [5.41, 5.74) is 1.71. The molecule has 0 aliphatic carbocycles. The number of pyridine rings is 1. The van der Waals surface area contributed by atoms with Gasteiger partial charge in [-0.2, -0.15) is 0 Å². The summed E-state index contributed by atoms with van der Waals surface area (Å²) in [5, 5.41) is 23.1. The zero-order valence-corrected chi connectivity index (χ0v) is 19.7. The van der Waals surface area contributed by atoms with Crippen molar-refractivity contribution in [2.45, 2.75) is 63.1 Å². The Hall–Kier alpha value is -3.26. The molecule has 3 atom stereocenters. The number of aromatic amines is 1. The lowest BCUT2D eigenvalue weighted by atomic mass is 9.84. The first-order chi connectivity index (χ1) is 16.1. The minimum atomic E-state index is -0.470. The highest BCUT2D eigenvalue weighted by Crippen LogP contribution is 2.43. The predicted octanol–water partition coefficient (Wildman–Crippen LogP) is 3.77. The zero-order valence-electron chi connectivity index (χ0n) is 19.7. The quantitative estimate of drug-likeness (QED) is 0.533. The van der Waals surface area contributed by atoms with Gasteiger partial charge in [0.1, 0.15) is 11.6 Å². The topological polar surface area (TPSA) is 94.1 Å². The monoisotopic (exact) mass is 463 g/mol. The van der Waals surface area contributed by atoms with Crippen molar-refractivity contribution in [3.05, 3.63) is 69.9 Å². The highest BCUT2D eigenvalue weighted by Gasteiger charge is 2.49. The number of aromatic hydroxyl groups is 1. The lowest BCUT2D eigenvalue weighted by molar-refractivity contribution is 0.207. The molecule has 0 spiro atoms. The third-order valence-electron chi connectivity index (χ3n) is 7.44. The molecule has 8 heteroatoms. The summed E-state index contributed by atoms with van der Waals surface area (Å²) < 4.78 is 14.8. The van der Waals surface area contributed by atoms with Crippen molar-refractivity contribution >= 4 is 5.82 Å². The van der Waals surface area contributed by atoms with Crippen LogP contribution in [0.5, 0.6) is 5.75 Å². The number of phenols is 1. The number of nitrogens with one attached hydrogen (secondary N) is 2. The van der Waals surface area contributed by atoms with Gasteiger partial charge >= 0.3 is 0 Å². The molecule has 2 aromatic heterocycles. The molecular formula is C26H30FN5O2. The average molecular weight is 464 g/mol. The number of piperidine rings is 1. The number of benzene rings is 1. The van der Waals surface area contributed by atoms with Crippen LogP contribution in [0.25, 0.3) is 11.3 Å². The molecule has 178 valence electrons. The van der Waals surface area contributed by atoms with Gasteiger partial charge in [-0.1, -0.05) is 0 Å². The number of hydrogen-bond acceptors (Lipinski definition) is 6. The van der Waals surface area contributed by atoms with Gasteiger partial charge in [0.2, 0.25) is 5.56 Å². The summed E-state index contributed by atoms with van der Waals surface area (Å²) in [6.45, 7) is 4.59. The SMILES string of the molecule is CN(c1ccc(-c2cc(F)c(Cc3cc[nH]c(=O)c3)cc2O)nn1)[C@H]1C[C@]2(C)CC[C@](C)(C1)N2.